The van der Waals surface area contributed by atoms with Gasteiger partial charge in [-0.3, -0.25) is 0 Å². The molecule has 0 radical (unpaired) electrons. The van der Waals surface area contributed by atoms with Gasteiger partial charge in [0.15, 0.2) is 0 Å². The smallest absolute Gasteiger partial charge is 0.124 e. The van der Waals surface area contributed by atoms with Crippen molar-refractivity contribution in [3.63, 3.8) is 0 Å². The van der Waals surface area contributed by atoms with Crippen LogP contribution >= 0.6 is 11.8 Å². The van der Waals surface area contributed by atoms with Gasteiger partial charge in [0.05, 0.1) is 11.3 Å². The third-order valence-corrected chi connectivity index (χ3v) is 3.18. The standard InChI is InChI=1S/C12H15FN2OS/c13-11-2-3-12(10(8-11)9-14)15-4-7-17-6-1-5-16/h2-3,8,15-16H,1,4-7H2. The Labute approximate surface area is 105 Å². The summed E-state index contributed by atoms with van der Waals surface area (Å²) in [5, 5.41) is 20.5. The zero-order chi connectivity index (χ0) is 12.5. The topological polar surface area (TPSA) is 56.0 Å². The number of anilines is 1. The summed E-state index contributed by atoms with van der Waals surface area (Å²) < 4.78 is 12.9. The molecule has 0 heterocycles. The molecule has 0 atom stereocenters. The summed E-state index contributed by atoms with van der Waals surface area (Å²) in [7, 11) is 0. The van der Waals surface area contributed by atoms with Crippen molar-refractivity contribution < 1.29 is 9.50 Å². The molecule has 0 spiro atoms. The van der Waals surface area contributed by atoms with Crippen LogP contribution in [0.4, 0.5) is 10.1 Å². The number of rotatable bonds is 7. The Kier molecular flexibility index (Phi) is 6.45. The van der Waals surface area contributed by atoms with Crippen LogP contribution in [0.15, 0.2) is 18.2 Å². The summed E-state index contributed by atoms with van der Waals surface area (Å²) in [4.78, 5) is 0. The van der Waals surface area contributed by atoms with Crippen LogP contribution < -0.4 is 5.32 Å². The Morgan fingerprint density at radius 1 is 1.41 bits per heavy atom. The van der Waals surface area contributed by atoms with E-state index in [0.29, 0.717) is 11.3 Å². The number of nitrogens with zero attached hydrogens (tertiary/aromatic N) is 1. The first-order valence-corrected chi connectivity index (χ1v) is 6.55. The van der Waals surface area contributed by atoms with Crippen LogP contribution in [0.1, 0.15) is 12.0 Å². The maximum Gasteiger partial charge on any atom is 0.124 e. The van der Waals surface area contributed by atoms with Crippen LogP contribution in [-0.2, 0) is 0 Å². The molecule has 1 aromatic rings. The molecule has 0 aliphatic heterocycles. The highest BCUT2D eigenvalue weighted by atomic mass is 32.2. The minimum Gasteiger partial charge on any atom is -0.396 e. The first-order valence-electron chi connectivity index (χ1n) is 5.40. The lowest BCUT2D eigenvalue weighted by Gasteiger charge is -2.07. The van der Waals surface area contributed by atoms with Crippen LogP contribution in [0.3, 0.4) is 0 Å². The third kappa shape index (κ3) is 5.07. The summed E-state index contributed by atoms with van der Waals surface area (Å²) in [6.45, 7) is 0.938. The normalized spacial score (nSPS) is 9.94. The molecule has 0 saturated heterocycles. The van der Waals surface area contributed by atoms with Gasteiger partial charge in [-0.15, -0.1) is 0 Å². The molecule has 0 saturated carbocycles. The maximum absolute atomic E-state index is 12.9. The first kappa shape index (κ1) is 13.8. The van der Waals surface area contributed by atoms with E-state index in [-0.39, 0.29) is 6.61 Å². The molecule has 3 nitrogen and oxygen atoms in total. The van der Waals surface area contributed by atoms with Crippen LogP contribution in [0, 0.1) is 17.1 Å². The summed E-state index contributed by atoms with van der Waals surface area (Å²) >= 11 is 1.73. The zero-order valence-electron chi connectivity index (χ0n) is 9.45. The number of thioether (sulfide) groups is 1. The average molecular weight is 254 g/mol. The average Bonchev–Trinajstić information content (AvgIpc) is 2.35. The minimum absolute atomic E-state index is 0.219. The summed E-state index contributed by atoms with van der Waals surface area (Å²) in [5.74, 6) is 1.42. The molecule has 0 amide bonds. The van der Waals surface area contributed by atoms with E-state index in [4.69, 9.17) is 10.4 Å². The van der Waals surface area contributed by atoms with Crippen LogP contribution in [-0.4, -0.2) is 29.8 Å². The highest BCUT2D eigenvalue weighted by Crippen LogP contribution is 2.16. The number of aliphatic hydroxyl groups is 1. The van der Waals surface area contributed by atoms with Crippen molar-refractivity contribution in [1.29, 1.82) is 5.26 Å². The number of halogens is 1. The molecule has 0 fully saturated rings. The molecule has 5 heteroatoms. The predicted octanol–water partition coefficient (Wildman–Crippen LogP) is 2.22. The molecule has 0 bridgehead atoms. The van der Waals surface area contributed by atoms with Crippen molar-refractivity contribution in [3.05, 3.63) is 29.6 Å². The molecular weight excluding hydrogens is 239 g/mol. The number of aliphatic hydroxyl groups excluding tert-OH is 1. The second-order valence-corrected chi connectivity index (χ2v) is 4.64. The fourth-order valence-corrected chi connectivity index (χ4v) is 2.07. The van der Waals surface area contributed by atoms with Gasteiger partial charge in [0.2, 0.25) is 0 Å². The van der Waals surface area contributed by atoms with Crippen LogP contribution in [0.25, 0.3) is 0 Å². The van der Waals surface area contributed by atoms with Gasteiger partial charge in [-0.25, -0.2) is 4.39 Å². The molecule has 1 aromatic carbocycles. The lowest BCUT2D eigenvalue weighted by atomic mass is 10.2. The number of hydrogen-bond acceptors (Lipinski definition) is 4. The highest BCUT2D eigenvalue weighted by molar-refractivity contribution is 7.99. The Morgan fingerprint density at radius 3 is 2.94 bits per heavy atom. The van der Waals surface area contributed by atoms with Gasteiger partial charge in [-0.2, -0.15) is 17.0 Å². The minimum atomic E-state index is -0.399. The molecule has 0 aromatic heterocycles. The number of hydrogen-bond donors (Lipinski definition) is 2. The van der Waals surface area contributed by atoms with E-state index in [2.05, 4.69) is 5.32 Å². The van der Waals surface area contributed by atoms with E-state index >= 15 is 0 Å². The number of nitriles is 1. The molecule has 17 heavy (non-hydrogen) atoms. The van der Waals surface area contributed by atoms with Gasteiger partial charge >= 0.3 is 0 Å². The van der Waals surface area contributed by atoms with Gasteiger partial charge < -0.3 is 10.4 Å². The first-order chi connectivity index (χ1) is 8.27. The quantitative estimate of drug-likeness (QED) is 0.733. The Hall–Kier alpha value is -1.25. The second kappa shape index (κ2) is 7.93. The van der Waals surface area contributed by atoms with Crippen molar-refractivity contribution in [2.75, 3.05) is 30.0 Å². The van der Waals surface area contributed by atoms with E-state index < -0.39 is 5.82 Å². The van der Waals surface area contributed by atoms with Crippen molar-refractivity contribution in [1.82, 2.24) is 0 Å². The van der Waals surface area contributed by atoms with Crippen molar-refractivity contribution in [2.45, 2.75) is 6.42 Å². The fourth-order valence-electron chi connectivity index (χ4n) is 1.29. The van der Waals surface area contributed by atoms with Crippen molar-refractivity contribution >= 4 is 17.4 Å². The lowest BCUT2D eigenvalue weighted by molar-refractivity contribution is 0.296. The van der Waals surface area contributed by atoms with E-state index in [1.54, 1.807) is 17.8 Å². The molecule has 0 aliphatic rings. The fraction of sp³-hybridized carbons (Fsp3) is 0.417. The monoisotopic (exact) mass is 254 g/mol. The van der Waals surface area contributed by atoms with Gasteiger partial charge in [0.25, 0.3) is 0 Å². The van der Waals surface area contributed by atoms with Gasteiger partial charge in [0, 0.05) is 18.9 Å². The summed E-state index contributed by atoms with van der Waals surface area (Å²) in [6, 6.07) is 6.09. The van der Waals surface area contributed by atoms with Gasteiger partial charge in [0.1, 0.15) is 11.9 Å². The van der Waals surface area contributed by atoms with Crippen LogP contribution in [0.2, 0.25) is 0 Å². The SMILES string of the molecule is N#Cc1cc(F)ccc1NCCSCCCO. The van der Waals surface area contributed by atoms with Gasteiger partial charge in [-0.05, 0) is 30.4 Å². The molecule has 0 unspecified atom stereocenters. The third-order valence-electron chi connectivity index (χ3n) is 2.11. The molecule has 0 aliphatic carbocycles. The van der Waals surface area contributed by atoms with E-state index in [1.165, 1.54) is 12.1 Å². The Balaban J connectivity index is 2.34. The number of benzene rings is 1. The Bertz CT molecular complexity index is 393. The van der Waals surface area contributed by atoms with Crippen molar-refractivity contribution in [2.24, 2.45) is 0 Å². The predicted molar refractivity (Wildman–Crippen MR) is 68.6 cm³/mol. The lowest BCUT2D eigenvalue weighted by Crippen LogP contribution is -2.06. The zero-order valence-corrected chi connectivity index (χ0v) is 10.3. The van der Waals surface area contributed by atoms with Crippen LogP contribution in [0.5, 0.6) is 0 Å². The Morgan fingerprint density at radius 2 is 2.24 bits per heavy atom. The van der Waals surface area contributed by atoms with E-state index in [9.17, 15) is 4.39 Å². The maximum atomic E-state index is 12.9. The molecule has 92 valence electrons. The number of nitrogens with one attached hydrogen (secondary N) is 1. The van der Waals surface area contributed by atoms with Crippen molar-refractivity contribution in [3.8, 4) is 6.07 Å². The molecular formula is C12H15FN2OS. The second-order valence-electron chi connectivity index (χ2n) is 3.42. The molecule has 1 rings (SSSR count). The largest absolute Gasteiger partial charge is 0.396 e. The highest BCUT2D eigenvalue weighted by Gasteiger charge is 2.02. The summed E-state index contributed by atoms with van der Waals surface area (Å²) in [6.07, 6.45) is 0.796. The van der Waals surface area contributed by atoms with Gasteiger partial charge in [-0.1, -0.05) is 0 Å². The molecule has 2 N–H and O–H groups in total. The summed E-state index contributed by atoms with van der Waals surface area (Å²) in [5.41, 5.74) is 0.988. The van der Waals surface area contributed by atoms with E-state index in [0.717, 1.165) is 24.5 Å². The van der Waals surface area contributed by atoms with E-state index in [1.807, 2.05) is 6.07 Å².